The number of rotatable bonds is 6. The number of carbonyl (C=O) groups is 2. The summed E-state index contributed by atoms with van der Waals surface area (Å²) < 4.78 is 0. The molecule has 3 aromatic carbocycles. The van der Waals surface area contributed by atoms with Crippen LogP contribution in [0.15, 0.2) is 60.7 Å². The van der Waals surface area contributed by atoms with Crippen LogP contribution in [-0.4, -0.2) is 22.5 Å². The number of nitrogens with zero attached hydrogens (tertiary/aromatic N) is 1. The Hall–Kier alpha value is -2.76. The Bertz CT molecular complexity index is 1210. The lowest BCUT2D eigenvalue weighted by Crippen LogP contribution is -2.28. The third kappa shape index (κ3) is 5.31. The minimum atomic E-state index is -0.107. The Kier molecular flexibility index (Phi) is 7.34. The normalized spacial score (nSPS) is 16.6. The lowest BCUT2D eigenvalue weighted by atomic mass is 9.96. The molecule has 6 heteroatoms. The van der Waals surface area contributed by atoms with Crippen LogP contribution in [0.4, 0.5) is 0 Å². The summed E-state index contributed by atoms with van der Waals surface area (Å²) in [5.41, 5.74) is 7.44. The maximum atomic E-state index is 12.9. The van der Waals surface area contributed by atoms with Gasteiger partial charge in [0.2, 0.25) is 5.91 Å². The molecule has 1 fully saturated rings. The maximum Gasteiger partial charge on any atom is 0.251 e. The fraction of sp³-hybridized carbons (Fsp3) is 0.286. The van der Waals surface area contributed by atoms with E-state index in [4.69, 9.17) is 11.6 Å². The van der Waals surface area contributed by atoms with E-state index < -0.39 is 0 Å². The van der Waals surface area contributed by atoms with E-state index in [1.807, 2.05) is 60.4 Å². The Morgan fingerprint density at radius 2 is 1.68 bits per heavy atom. The fourth-order valence-electron chi connectivity index (χ4n) is 4.29. The molecule has 0 unspecified atom stereocenters. The first kappa shape index (κ1) is 24.4. The Balaban J connectivity index is 1.45. The molecule has 1 aliphatic heterocycles. The second kappa shape index (κ2) is 10.2. The van der Waals surface area contributed by atoms with Crippen molar-refractivity contribution in [3.8, 4) is 0 Å². The summed E-state index contributed by atoms with van der Waals surface area (Å²) in [5.74, 6) is 0.460. The van der Waals surface area contributed by atoms with E-state index in [1.54, 1.807) is 11.8 Å². The first-order valence-electron chi connectivity index (χ1n) is 11.4. The van der Waals surface area contributed by atoms with Gasteiger partial charge in [0.1, 0.15) is 5.37 Å². The minimum Gasteiger partial charge on any atom is -0.346 e. The number of aryl methyl sites for hydroxylation is 3. The van der Waals surface area contributed by atoms with Crippen LogP contribution in [0.3, 0.4) is 0 Å². The summed E-state index contributed by atoms with van der Waals surface area (Å²) in [6.45, 7) is 8.81. The predicted octanol–water partition coefficient (Wildman–Crippen LogP) is 6.53. The summed E-state index contributed by atoms with van der Waals surface area (Å²) in [4.78, 5) is 27.3. The zero-order valence-corrected chi connectivity index (χ0v) is 21.5. The summed E-state index contributed by atoms with van der Waals surface area (Å²) in [7, 11) is 0. The van der Waals surface area contributed by atoms with Gasteiger partial charge in [0.25, 0.3) is 5.91 Å². The van der Waals surface area contributed by atoms with E-state index in [1.165, 1.54) is 16.7 Å². The zero-order valence-electron chi connectivity index (χ0n) is 19.9. The van der Waals surface area contributed by atoms with Crippen molar-refractivity contribution in [2.45, 2.75) is 45.7 Å². The third-order valence-corrected chi connectivity index (χ3v) is 7.90. The lowest BCUT2D eigenvalue weighted by molar-refractivity contribution is -0.128. The molecular formula is C28H29ClN2O2S. The molecule has 1 aliphatic rings. The van der Waals surface area contributed by atoms with Gasteiger partial charge in [-0.15, -0.1) is 11.8 Å². The number of amides is 2. The lowest BCUT2D eigenvalue weighted by Gasteiger charge is -2.24. The number of thioether (sulfide) groups is 1. The van der Waals surface area contributed by atoms with Crippen molar-refractivity contribution in [2.75, 3.05) is 5.75 Å². The highest BCUT2D eigenvalue weighted by molar-refractivity contribution is 8.00. The fourth-order valence-corrected chi connectivity index (χ4v) is 5.61. The van der Waals surface area contributed by atoms with Crippen molar-refractivity contribution in [2.24, 2.45) is 0 Å². The van der Waals surface area contributed by atoms with Gasteiger partial charge in [-0.05, 0) is 85.3 Å². The van der Waals surface area contributed by atoms with Crippen LogP contribution in [0.2, 0.25) is 5.02 Å². The predicted molar refractivity (Wildman–Crippen MR) is 140 cm³/mol. The summed E-state index contributed by atoms with van der Waals surface area (Å²) in [5, 5.41) is 3.73. The highest BCUT2D eigenvalue weighted by atomic mass is 35.5. The molecule has 2 amide bonds. The molecule has 4 rings (SSSR count). The average Bonchev–Trinajstić information content (AvgIpc) is 3.17. The molecule has 1 heterocycles. The number of carbonyl (C=O) groups excluding carboxylic acids is 2. The molecule has 0 bridgehead atoms. The van der Waals surface area contributed by atoms with Crippen molar-refractivity contribution >= 4 is 35.2 Å². The second-order valence-corrected chi connectivity index (χ2v) is 10.4. The van der Waals surface area contributed by atoms with Crippen LogP contribution >= 0.6 is 23.4 Å². The smallest absolute Gasteiger partial charge is 0.251 e. The molecule has 34 heavy (non-hydrogen) atoms. The van der Waals surface area contributed by atoms with Crippen molar-refractivity contribution in [1.82, 2.24) is 10.2 Å². The van der Waals surface area contributed by atoms with Crippen molar-refractivity contribution in [1.29, 1.82) is 0 Å². The largest absolute Gasteiger partial charge is 0.346 e. The van der Waals surface area contributed by atoms with E-state index in [9.17, 15) is 9.59 Å². The van der Waals surface area contributed by atoms with Gasteiger partial charge in [-0.2, -0.15) is 0 Å². The Morgan fingerprint density at radius 1 is 1.03 bits per heavy atom. The van der Waals surface area contributed by atoms with E-state index in [0.717, 1.165) is 16.7 Å². The quantitative estimate of drug-likeness (QED) is 0.425. The highest BCUT2D eigenvalue weighted by Gasteiger charge is 2.32. The van der Waals surface area contributed by atoms with E-state index in [2.05, 4.69) is 38.2 Å². The molecule has 3 aromatic rings. The molecule has 0 aromatic heterocycles. The van der Waals surface area contributed by atoms with Gasteiger partial charge in [0.15, 0.2) is 0 Å². The van der Waals surface area contributed by atoms with Gasteiger partial charge >= 0.3 is 0 Å². The molecule has 2 atom stereocenters. The van der Waals surface area contributed by atoms with Gasteiger partial charge in [0.05, 0.1) is 11.8 Å². The van der Waals surface area contributed by atoms with Crippen molar-refractivity contribution in [3.63, 3.8) is 0 Å². The molecular weight excluding hydrogens is 464 g/mol. The first-order valence-corrected chi connectivity index (χ1v) is 12.8. The second-order valence-electron chi connectivity index (χ2n) is 8.92. The number of hydrogen-bond acceptors (Lipinski definition) is 3. The molecule has 0 aliphatic carbocycles. The third-order valence-electron chi connectivity index (χ3n) is 6.39. The molecule has 0 radical (unpaired) electrons. The van der Waals surface area contributed by atoms with E-state index in [-0.39, 0.29) is 23.2 Å². The van der Waals surface area contributed by atoms with E-state index in [0.29, 0.717) is 22.9 Å². The van der Waals surface area contributed by atoms with Crippen molar-refractivity contribution in [3.05, 3.63) is 105 Å². The summed E-state index contributed by atoms with van der Waals surface area (Å²) in [6.07, 6.45) is 0. The number of nitrogens with one attached hydrogen (secondary N) is 1. The van der Waals surface area contributed by atoms with Gasteiger partial charge in [0, 0.05) is 17.1 Å². The number of halogens is 1. The molecule has 176 valence electrons. The monoisotopic (exact) mass is 492 g/mol. The highest BCUT2D eigenvalue weighted by Crippen LogP contribution is 2.39. The van der Waals surface area contributed by atoms with E-state index >= 15 is 0 Å². The standard InChI is InChI=1S/C28H29ClN2O2S/c1-17-13-19(3)25(14-18(17)2)20(4)30-27(33)22-7-9-23(10-8-22)28-31(26(32)16-34-28)15-21-5-11-24(29)12-6-21/h5-14,20,28H,15-16H2,1-4H3,(H,30,33)/t20-,28-/m0/s1. The van der Waals surface area contributed by atoms with Crippen LogP contribution in [0, 0.1) is 20.8 Å². The molecule has 0 spiro atoms. The number of benzene rings is 3. The van der Waals surface area contributed by atoms with Gasteiger partial charge in [-0.3, -0.25) is 9.59 Å². The van der Waals surface area contributed by atoms with Gasteiger partial charge in [-0.1, -0.05) is 48.0 Å². The van der Waals surface area contributed by atoms with Crippen LogP contribution < -0.4 is 5.32 Å². The molecule has 4 nitrogen and oxygen atoms in total. The van der Waals surface area contributed by atoms with Crippen LogP contribution in [-0.2, 0) is 11.3 Å². The maximum absolute atomic E-state index is 12.9. The molecule has 0 saturated carbocycles. The topological polar surface area (TPSA) is 49.4 Å². The first-order chi connectivity index (χ1) is 16.2. The van der Waals surface area contributed by atoms with Crippen LogP contribution in [0.25, 0.3) is 0 Å². The van der Waals surface area contributed by atoms with Gasteiger partial charge < -0.3 is 10.2 Å². The average molecular weight is 493 g/mol. The molecule has 1 saturated heterocycles. The van der Waals surface area contributed by atoms with Crippen LogP contribution in [0.1, 0.15) is 62.1 Å². The zero-order chi connectivity index (χ0) is 24.4. The minimum absolute atomic E-state index is 0.0719. The van der Waals surface area contributed by atoms with Gasteiger partial charge in [-0.25, -0.2) is 0 Å². The van der Waals surface area contributed by atoms with Crippen LogP contribution in [0.5, 0.6) is 0 Å². The van der Waals surface area contributed by atoms with Crippen molar-refractivity contribution < 1.29 is 9.59 Å². The Morgan fingerprint density at radius 3 is 2.35 bits per heavy atom. The summed E-state index contributed by atoms with van der Waals surface area (Å²) in [6, 6.07) is 19.4. The Labute approximate surface area is 210 Å². The number of hydrogen-bond donors (Lipinski definition) is 1. The summed E-state index contributed by atoms with van der Waals surface area (Å²) >= 11 is 7.60. The molecule has 1 N–H and O–H groups in total. The SMILES string of the molecule is Cc1cc(C)c([C@H](C)NC(=O)c2ccc([C@@H]3SCC(=O)N3Cc3ccc(Cl)cc3)cc2)cc1C.